The fraction of sp³-hybridized carbons (Fsp3) is 0.250. The highest BCUT2D eigenvalue weighted by atomic mass is 35.5. The van der Waals surface area contributed by atoms with Crippen molar-refractivity contribution in [2.24, 2.45) is 5.73 Å². The maximum absolute atomic E-state index is 14.8. The monoisotopic (exact) mass is 416 g/mol. The van der Waals surface area contributed by atoms with Crippen molar-refractivity contribution in [3.05, 3.63) is 58.5 Å². The molecule has 1 atom stereocenters. The number of carbonyl (C=O) groups is 2. The molecule has 1 unspecified atom stereocenters. The zero-order valence-electron chi connectivity index (χ0n) is 15.6. The Hall–Kier alpha value is -2.97. The van der Waals surface area contributed by atoms with Gasteiger partial charge in [-0.25, -0.2) is 8.91 Å². The van der Waals surface area contributed by atoms with Crippen LogP contribution in [0.3, 0.4) is 0 Å². The molecule has 1 saturated heterocycles. The van der Waals surface area contributed by atoms with E-state index in [1.54, 1.807) is 30.2 Å². The van der Waals surface area contributed by atoms with Crippen LogP contribution in [-0.2, 0) is 4.74 Å². The van der Waals surface area contributed by atoms with Gasteiger partial charge in [0.15, 0.2) is 0 Å². The Morgan fingerprint density at radius 2 is 2.07 bits per heavy atom. The van der Waals surface area contributed by atoms with Crippen LogP contribution in [-0.4, -0.2) is 52.6 Å². The molecule has 1 fully saturated rings. The third-order valence-electron chi connectivity index (χ3n) is 5.08. The fourth-order valence-corrected chi connectivity index (χ4v) is 3.75. The van der Waals surface area contributed by atoms with Crippen molar-refractivity contribution in [1.82, 2.24) is 14.5 Å². The molecule has 2 N–H and O–H groups in total. The molecule has 0 bridgehead atoms. The second-order valence-electron chi connectivity index (χ2n) is 6.85. The van der Waals surface area contributed by atoms with Gasteiger partial charge in [0.25, 0.3) is 11.8 Å². The first-order valence-corrected chi connectivity index (χ1v) is 9.37. The number of rotatable bonds is 4. The maximum Gasteiger partial charge on any atom is 0.267 e. The number of aromatic nitrogens is 2. The van der Waals surface area contributed by atoms with Crippen molar-refractivity contribution in [1.29, 1.82) is 0 Å². The van der Waals surface area contributed by atoms with E-state index in [0.717, 1.165) is 6.42 Å². The van der Waals surface area contributed by atoms with Crippen LogP contribution in [0.25, 0.3) is 16.8 Å². The van der Waals surface area contributed by atoms with Crippen molar-refractivity contribution in [3.8, 4) is 11.3 Å². The van der Waals surface area contributed by atoms with Gasteiger partial charge in [0.05, 0.1) is 22.3 Å². The van der Waals surface area contributed by atoms with E-state index in [2.05, 4.69) is 5.10 Å². The molecule has 3 heterocycles. The molecule has 7 nitrogen and oxygen atoms in total. The number of fused-ring (bicyclic) bond motifs is 1. The molecule has 150 valence electrons. The molecule has 2 amide bonds. The van der Waals surface area contributed by atoms with Gasteiger partial charge >= 0.3 is 0 Å². The topological polar surface area (TPSA) is 89.9 Å². The Morgan fingerprint density at radius 3 is 2.72 bits per heavy atom. The minimum atomic E-state index is -0.696. The number of ether oxygens (including phenoxy) is 1. The molecule has 4 rings (SSSR count). The Balaban J connectivity index is 1.67. The van der Waals surface area contributed by atoms with Gasteiger partial charge in [0, 0.05) is 31.3 Å². The first-order valence-electron chi connectivity index (χ1n) is 8.99. The van der Waals surface area contributed by atoms with Crippen LogP contribution < -0.4 is 5.73 Å². The predicted molar refractivity (Wildman–Crippen MR) is 105 cm³/mol. The third kappa shape index (κ3) is 3.45. The molecule has 29 heavy (non-hydrogen) atoms. The average molecular weight is 417 g/mol. The number of carbonyl (C=O) groups excluding carboxylic acids is 2. The lowest BCUT2D eigenvalue weighted by molar-refractivity contribution is 0.0723. The highest BCUT2D eigenvalue weighted by molar-refractivity contribution is 6.34. The van der Waals surface area contributed by atoms with Crippen molar-refractivity contribution in [2.75, 3.05) is 20.2 Å². The molecular weight excluding hydrogens is 399 g/mol. The second kappa shape index (κ2) is 7.46. The molecular formula is C20H18ClFN4O3. The van der Waals surface area contributed by atoms with Crippen LogP contribution in [0.15, 0.2) is 36.4 Å². The van der Waals surface area contributed by atoms with Crippen LogP contribution in [0, 0.1) is 5.82 Å². The molecule has 1 aliphatic rings. The summed E-state index contributed by atoms with van der Waals surface area (Å²) in [6, 6.07) is 8.89. The molecule has 0 spiro atoms. The summed E-state index contributed by atoms with van der Waals surface area (Å²) in [7, 11) is 1.61. The lowest BCUT2D eigenvalue weighted by atomic mass is 10.1. The summed E-state index contributed by atoms with van der Waals surface area (Å²) >= 11 is 6.10. The van der Waals surface area contributed by atoms with Gasteiger partial charge in [-0.1, -0.05) is 11.6 Å². The molecule has 1 aliphatic heterocycles. The van der Waals surface area contributed by atoms with Crippen LogP contribution in [0.4, 0.5) is 4.39 Å². The molecule has 9 heteroatoms. The van der Waals surface area contributed by atoms with Gasteiger partial charge < -0.3 is 15.4 Å². The van der Waals surface area contributed by atoms with Crippen LogP contribution in [0.1, 0.15) is 27.3 Å². The van der Waals surface area contributed by atoms with E-state index in [1.807, 2.05) is 0 Å². The normalized spacial score (nSPS) is 16.5. The number of methoxy groups -OCH3 is 1. The second-order valence-corrected chi connectivity index (χ2v) is 7.26. The lowest BCUT2D eigenvalue weighted by Crippen LogP contribution is -2.30. The van der Waals surface area contributed by atoms with Crippen molar-refractivity contribution >= 4 is 28.9 Å². The van der Waals surface area contributed by atoms with E-state index in [1.165, 1.54) is 22.7 Å². The van der Waals surface area contributed by atoms with E-state index in [9.17, 15) is 14.0 Å². The zero-order chi connectivity index (χ0) is 20.7. The van der Waals surface area contributed by atoms with Gasteiger partial charge in [-0.05, 0) is 42.8 Å². The summed E-state index contributed by atoms with van der Waals surface area (Å²) in [5.41, 5.74) is 6.68. The molecule has 2 aromatic heterocycles. The number of primary amides is 1. The summed E-state index contributed by atoms with van der Waals surface area (Å²) in [5.74, 6) is -1.53. The molecule has 0 radical (unpaired) electrons. The average Bonchev–Trinajstić information content (AvgIpc) is 3.32. The number of nitrogens with zero attached hydrogens (tertiary/aromatic N) is 3. The van der Waals surface area contributed by atoms with E-state index in [0.29, 0.717) is 23.6 Å². The van der Waals surface area contributed by atoms with Gasteiger partial charge in [0.2, 0.25) is 0 Å². The first-order chi connectivity index (χ1) is 13.9. The number of benzene rings is 1. The van der Waals surface area contributed by atoms with Gasteiger partial charge in [-0.3, -0.25) is 9.59 Å². The summed E-state index contributed by atoms with van der Waals surface area (Å²) in [6.45, 7) is 1.06. The third-order valence-corrected chi connectivity index (χ3v) is 5.38. The predicted octanol–water partition coefficient (Wildman–Crippen LogP) is 2.75. The van der Waals surface area contributed by atoms with E-state index in [4.69, 9.17) is 22.1 Å². The largest absolute Gasteiger partial charge is 0.380 e. The summed E-state index contributed by atoms with van der Waals surface area (Å²) in [4.78, 5) is 25.9. The van der Waals surface area contributed by atoms with Crippen LogP contribution >= 0.6 is 11.6 Å². The smallest absolute Gasteiger partial charge is 0.267 e. The highest BCUT2D eigenvalue weighted by Gasteiger charge is 2.27. The Morgan fingerprint density at radius 1 is 1.28 bits per heavy atom. The van der Waals surface area contributed by atoms with Gasteiger partial charge in [0.1, 0.15) is 11.5 Å². The number of hydrogen-bond acceptors (Lipinski definition) is 4. The quantitative estimate of drug-likeness (QED) is 0.708. The highest BCUT2D eigenvalue weighted by Crippen LogP contribution is 2.27. The minimum absolute atomic E-state index is 0.00634. The SMILES string of the molecule is COC1CCN(C(=O)c2ccc(-c3ccc4c(Cl)cc(C(N)=O)n4n3)c(F)c2)C1. The van der Waals surface area contributed by atoms with E-state index < -0.39 is 11.7 Å². The number of likely N-dealkylation sites (tertiary alicyclic amines) is 1. The Labute approximate surface area is 170 Å². The summed E-state index contributed by atoms with van der Waals surface area (Å²) in [6.07, 6.45) is 0.765. The van der Waals surface area contributed by atoms with E-state index in [-0.39, 0.29) is 34.5 Å². The van der Waals surface area contributed by atoms with Crippen molar-refractivity contribution < 1.29 is 18.7 Å². The number of halogens is 2. The Bertz CT molecular complexity index is 1130. The standard InChI is InChI=1S/C20H18ClFN4O3/c1-29-12-6-7-25(10-12)20(28)11-2-3-13(15(22)8-11)16-4-5-17-14(21)9-18(19(23)27)26(17)24-16/h2-5,8-9,12H,6-7,10H2,1H3,(H2,23,27). The summed E-state index contributed by atoms with van der Waals surface area (Å²) in [5, 5.41) is 4.62. The van der Waals surface area contributed by atoms with E-state index >= 15 is 0 Å². The molecule has 1 aromatic carbocycles. The molecule has 3 aromatic rings. The lowest BCUT2D eigenvalue weighted by Gasteiger charge is -2.16. The molecule has 0 saturated carbocycles. The first kappa shape index (κ1) is 19.4. The van der Waals surface area contributed by atoms with Crippen LogP contribution in [0.5, 0.6) is 0 Å². The van der Waals surface area contributed by atoms with Crippen LogP contribution in [0.2, 0.25) is 5.02 Å². The maximum atomic E-state index is 14.8. The van der Waals surface area contributed by atoms with Crippen molar-refractivity contribution in [3.63, 3.8) is 0 Å². The van der Waals surface area contributed by atoms with Gasteiger partial charge in [-0.15, -0.1) is 0 Å². The summed E-state index contributed by atoms with van der Waals surface area (Å²) < 4.78 is 21.4. The fourth-order valence-electron chi connectivity index (χ4n) is 3.51. The Kier molecular flexibility index (Phi) is 4.97. The van der Waals surface area contributed by atoms with Gasteiger partial charge in [-0.2, -0.15) is 5.10 Å². The number of amides is 2. The zero-order valence-corrected chi connectivity index (χ0v) is 16.3. The molecule has 0 aliphatic carbocycles. The van der Waals surface area contributed by atoms with Crippen molar-refractivity contribution in [2.45, 2.75) is 12.5 Å². The number of hydrogen-bond donors (Lipinski definition) is 1. The number of nitrogens with two attached hydrogens (primary N) is 1. The minimum Gasteiger partial charge on any atom is -0.380 e.